The molecule has 0 aliphatic heterocycles. The van der Waals surface area contributed by atoms with Crippen LogP contribution in [0.5, 0.6) is 0 Å². The van der Waals surface area contributed by atoms with Crippen molar-refractivity contribution < 1.29 is 0 Å². The zero-order valence-corrected chi connectivity index (χ0v) is 10.6. The van der Waals surface area contributed by atoms with Crippen LogP contribution in [0.25, 0.3) is 0 Å². The van der Waals surface area contributed by atoms with Gasteiger partial charge in [0.1, 0.15) is 0 Å². The summed E-state index contributed by atoms with van der Waals surface area (Å²) >= 11 is 0. The van der Waals surface area contributed by atoms with Gasteiger partial charge in [0.15, 0.2) is 0 Å². The van der Waals surface area contributed by atoms with Crippen LogP contribution in [-0.4, -0.2) is 0 Å². The number of nitrogens with two attached hydrogens (primary N) is 1. The van der Waals surface area contributed by atoms with Gasteiger partial charge in [0.05, 0.1) is 5.54 Å². The number of aryl methyl sites for hydroxylation is 1. The van der Waals surface area contributed by atoms with Crippen molar-refractivity contribution in [3.63, 3.8) is 0 Å². The van der Waals surface area contributed by atoms with Gasteiger partial charge >= 0.3 is 0 Å². The Kier molecular flexibility index (Phi) is 3.21. The normalized spacial score (nSPS) is 17.3. The Morgan fingerprint density at radius 2 is 2.24 bits per heavy atom. The molecule has 0 saturated carbocycles. The van der Waals surface area contributed by atoms with Crippen molar-refractivity contribution in [2.45, 2.75) is 38.1 Å². The summed E-state index contributed by atoms with van der Waals surface area (Å²) in [6, 6.07) is 6.49. The predicted octanol–water partition coefficient (Wildman–Crippen LogP) is 3.48. The number of rotatable bonds is 4. The molecule has 2 N–H and O–H groups in total. The van der Waals surface area contributed by atoms with Gasteiger partial charge in [0, 0.05) is 0 Å². The predicted molar refractivity (Wildman–Crippen MR) is 74.0 cm³/mol. The third-order valence-corrected chi connectivity index (χ3v) is 3.85. The van der Waals surface area contributed by atoms with Crippen LogP contribution in [0.4, 0.5) is 0 Å². The lowest BCUT2D eigenvalue weighted by Crippen LogP contribution is -2.38. The molecule has 1 atom stereocenters. The van der Waals surface area contributed by atoms with Crippen molar-refractivity contribution in [1.29, 1.82) is 0 Å². The van der Waals surface area contributed by atoms with E-state index in [9.17, 15) is 0 Å². The molecule has 0 spiro atoms. The summed E-state index contributed by atoms with van der Waals surface area (Å²) < 4.78 is 0. The zero-order valence-electron chi connectivity index (χ0n) is 10.6. The average Bonchev–Trinajstić information content (AvgIpc) is 2.76. The molecular weight excluding hydrogens is 206 g/mol. The van der Waals surface area contributed by atoms with Crippen molar-refractivity contribution in [3.8, 4) is 0 Å². The maximum Gasteiger partial charge on any atom is 0.0657 e. The molecule has 0 radical (unpaired) electrons. The molecule has 1 nitrogen and oxygen atoms in total. The summed E-state index contributed by atoms with van der Waals surface area (Å²) in [6.45, 7) is 9.91. The Hall–Kier alpha value is -1.34. The summed E-state index contributed by atoms with van der Waals surface area (Å²) in [5.41, 5.74) is 11.3. The lowest BCUT2D eigenvalue weighted by atomic mass is 9.79. The van der Waals surface area contributed by atoms with Gasteiger partial charge in [-0.05, 0) is 49.3 Å². The first kappa shape index (κ1) is 12.1. The number of hydrogen-bond donors (Lipinski definition) is 1. The lowest BCUT2D eigenvalue weighted by Gasteiger charge is -2.31. The fourth-order valence-corrected chi connectivity index (χ4v) is 2.78. The summed E-state index contributed by atoms with van der Waals surface area (Å²) in [7, 11) is 0. The maximum atomic E-state index is 6.57. The zero-order chi connectivity index (χ0) is 12.5. The summed E-state index contributed by atoms with van der Waals surface area (Å²) in [6.07, 6.45) is 6.22. The van der Waals surface area contributed by atoms with Crippen LogP contribution in [-0.2, 0) is 18.4 Å². The second kappa shape index (κ2) is 4.50. The minimum absolute atomic E-state index is 0.447. The van der Waals surface area contributed by atoms with Gasteiger partial charge in [-0.15, -0.1) is 6.58 Å². The van der Waals surface area contributed by atoms with Crippen molar-refractivity contribution in [1.82, 2.24) is 0 Å². The molecule has 0 bridgehead atoms. The van der Waals surface area contributed by atoms with E-state index in [1.807, 2.05) is 13.0 Å². The van der Waals surface area contributed by atoms with E-state index in [4.69, 9.17) is 5.73 Å². The second-order valence-corrected chi connectivity index (χ2v) is 5.04. The molecule has 0 amide bonds. The van der Waals surface area contributed by atoms with Gasteiger partial charge in [-0.25, -0.2) is 0 Å². The largest absolute Gasteiger partial charge is 0.318 e. The van der Waals surface area contributed by atoms with Crippen LogP contribution in [0.15, 0.2) is 43.0 Å². The Balaban J connectivity index is 2.54. The van der Waals surface area contributed by atoms with Crippen molar-refractivity contribution in [2.24, 2.45) is 5.73 Å². The Labute approximate surface area is 104 Å². The van der Waals surface area contributed by atoms with Gasteiger partial charge in [-0.3, -0.25) is 0 Å². The van der Waals surface area contributed by atoms with Crippen LogP contribution < -0.4 is 5.73 Å². The molecule has 1 unspecified atom stereocenters. The van der Waals surface area contributed by atoms with Gasteiger partial charge in [-0.2, -0.15) is 0 Å². The molecule has 1 aliphatic carbocycles. The van der Waals surface area contributed by atoms with Crippen LogP contribution >= 0.6 is 0 Å². The van der Waals surface area contributed by atoms with Crippen LogP contribution in [0, 0.1) is 0 Å². The summed E-state index contributed by atoms with van der Waals surface area (Å²) in [4.78, 5) is 0. The highest BCUT2D eigenvalue weighted by Crippen LogP contribution is 2.36. The molecular formula is C16H21N. The van der Waals surface area contributed by atoms with E-state index >= 15 is 0 Å². The maximum absolute atomic E-state index is 6.57. The third-order valence-electron chi connectivity index (χ3n) is 3.85. The SMILES string of the molecule is C=CCC(N)(C(=C)C)c1cccc2c1CCC2. The van der Waals surface area contributed by atoms with E-state index in [1.165, 1.54) is 29.5 Å². The topological polar surface area (TPSA) is 26.0 Å². The monoisotopic (exact) mass is 227 g/mol. The molecule has 0 aromatic heterocycles. The highest BCUT2D eigenvalue weighted by Gasteiger charge is 2.31. The van der Waals surface area contributed by atoms with Gasteiger partial charge in [0.2, 0.25) is 0 Å². The Bertz CT molecular complexity index is 459. The molecule has 2 rings (SSSR count). The highest BCUT2D eigenvalue weighted by atomic mass is 14.7. The molecule has 0 heterocycles. The van der Waals surface area contributed by atoms with E-state index in [1.54, 1.807) is 0 Å². The summed E-state index contributed by atoms with van der Waals surface area (Å²) in [5.74, 6) is 0. The third kappa shape index (κ3) is 1.96. The molecule has 17 heavy (non-hydrogen) atoms. The molecule has 1 aromatic rings. The quantitative estimate of drug-likeness (QED) is 0.783. The highest BCUT2D eigenvalue weighted by molar-refractivity contribution is 5.46. The fraction of sp³-hybridized carbons (Fsp3) is 0.375. The first-order chi connectivity index (χ1) is 8.09. The van der Waals surface area contributed by atoms with Crippen LogP contribution in [0.2, 0.25) is 0 Å². The number of hydrogen-bond acceptors (Lipinski definition) is 1. The second-order valence-electron chi connectivity index (χ2n) is 5.04. The van der Waals surface area contributed by atoms with Gasteiger partial charge < -0.3 is 5.73 Å². The van der Waals surface area contributed by atoms with E-state index in [0.29, 0.717) is 0 Å². The average molecular weight is 227 g/mol. The van der Waals surface area contributed by atoms with Crippen molar-refractivity contribution in [3.05, 3.63) is 59.7 Å². The fourth-order valence-electron chi connectivity index (χ4n) is 2.78. The number of benzene rings is 1. The minimum Gasteiger partial charge on any atom is -0.318 e. The standard InChI is InChI=1S/C16H21N/c1-4-11-16(17,12(2)3)15-10-6-8-13-7-5-9-14(13)15/h4,6,8,10H,1-2,5,7,9,11,17H2,3H3. The van der Waals surface area contributed by atoms with E-state index in [0.717, 1.165) is 18.4 Å². The molecule has 1 aliphatic rings. The summed E-state index contributed by atoms with van der Waals surface area (Å²) in [5, 5.41) is 0. The van der Waals surface area contributed by atoms with Crippen LogP contribution in [0.3, 0.4) is 0 Å². The van der Waals surface area contributed by atoms with Crippen molar-refractivity contribution >= 4 is 0 Å². The molecule has 1 heteroatoms. The molecule has 90 valence electrons. The molecule has 0 fully saturated rings. The van der Waals surface area contributed by atoms with Crippen molar-refractivity contribution in [2.75, 3.05) is 0 Å². The Morgan fingerprint density at radius 1 is 1.47 bits per heavy atom. The smallest absolute Gasteiger partial charge is 0.0657 e. The van der Waals surface area contributed by atoms with E-state index in [-0.39, 0.29) is 0 Å². The van der Waals surface area contributed by atoms with E-state index in [2.05, 4.69) is 31.4 Å². The number of fused-ring (bicyclic) bond motifs is 1. The Morgan fingerprint density at radius 3 is 2.88 bits per heavy atom. The van der Waals surface area contributed by atoms with Gasteiger partial charge in [-0.1, -0.05) is 36.4 Å². The molecule has 0 saturated heterocycles. The minimum atomic E-state index is -0.447. The molecule has 1 aromatic carbocycles. The van der Waals surface area contributed by atoms with E-state index < -0.39 is 5.54 Å². The van der Waals surface area contributed by atoms with Crippen LogP contribution in [0.1, 0.15) is 36.5 Å². The first-order valence-corrected chi connectivity index (χ1v) is 6.26. The first-order valence-electron chi connectivity index (χ1n) is 6.26. The lowest BCUT2D eigenvalue weighted by molar-refractivity contribution is 0.531. The van der Waals surface area contributed by atoms with Gasteiger partial charge in [0.25, 0.3) is 0 Å².